The number of rotatable bonds is 6. The van der Waals surface area contributed by atoms with Crippen molar-refractivity contribution in [2.45, 2.75) is 6.54 Å². The van der Waals surface area contributed by atoms with E-state index >= 15 is 0 Å². The number of hydrogen-bond acceptors (Lipinski definition) is 6. The number of hydrogen-bond donors (Lipinski definition) is 0. The molecule has 154 valence electrons. The highest BCUT2D eigenvalue weighted by Crippen LogP contribution is 2.31. The number of thiazole rings is 1. The summed E-state index contributed by atoms with van der Waals surface area (Å²) in [5.41, 5.74) is 1.28. The Balaban J connectivity index is 1.67. The van der Waals surface area contributed by atoms with Gasteiger partial charge in [0, 0.05) is 24.4 Å². The number of nitro benzene ring substituents is 1. The lowest BCUT2D eigenvalue weighted by atomic mass is 10.2. The molecular formula is C22H15FN4O3S. The molecule has 0 unspecified atom stereocenters. The maximum absolute atomic E-state index is 14.1. The minimum Gasteiger partial charge on any atom is -0.278 e. The molecule has 9 heteroatoms. The number of fused-ring (bicyclic) bond motifs is 1. The van der Waals surface area contributed by atoms with Crippen LogP contribution in [0.15, 0.2) is 72.9 Å². The van der Waals surface area contributed by atoms with Gasteiger partial charge in [0.25, 0.3) is 11.6 Å². The van der Waals surface area contributed by atoms with Crippen molar-refractivity contribution in [2.75, 3.05) is 4.90 Å². The average molecular weight is 434 g/mol. The standard InChI is InChI=1S/C22H15FN4O3S/c23-18-8-4-9-19-21(18)25-22(31-19)26(14-16-6-1-2-12-24-16)20(28)11-10-15-5-3-7-17(13-15)27(29)30/h1-13H,14H2/b11-10+. The van der Waals surface area contributed by atoms with E-state index in [1.165, 1.54) is 46.6 Å². The molecule has 0 atom stereocenters. The number of non-ortho nitro benzene ring substituents is 1. The second-order valence-electron chi connectivity index (χ2n) is 6.51. The zero-order valence-electron chi connectivity index (χ0n) is 16.0. The number of carbonyl (C=O) groups is 1. The summed E-state index contributed by atoms with van der Waals surface area (Å²) in [6.07, 6.45) is 4.42. The summed E-state index contributed by atoms with van der Waals surface area (Å²) in [6, 6.07) is 16.0. The molecule has 2 heterocycles. The summed E-state index contributed by atoms with van der Waals surface area (Å²) in [6.45, 7) is 0.139. The van der Waals surface area contributed by atoms with E-state index in [1.54, 1.807) is 42.6 Å². The molecular weight excluding hydrogens is 419 g/mol. The van der Waals surface area contributed by atoms with Crippen molar-refractivity contribution in [3.8, 4) is 0 Å². The van der Waals surface area contributed by atoms with Crippen LogP contribution in [0.25, 0.3) is 16.3 Å². The summed E-state index contributed by atoms with van der Waals surface area (Å²) >= 11 is 1.20. The molecule has 0 radical (unpaired) electrons. The number of aromatic nitrogens is 2. The number of para-hydroxylation sites is 1. The number of anilines is 1. The van der Waals surface area contributed by atoms with Crippen LogP contribution in [0.3, 0.4) is 0 Å². The molecule has 2 aromatic heterocycles. The second-order valence-corrected chi connectivity index (χ2v) is 7.52. The van der Waals surface area contributed by atoms with Gasteiger partial charge in [-0.2, -0.15) is 0 Å². The molecule has 0 fully saturated rings. The van der Waals surface area contributed by atoms with E-state index in [4.69, 9.17) is 0 Å². The number of halogens is 1. The van der Waals surface area contributed by atoms with Gasteiger partial charge >= 0.3 is 0 Å². The highest BCUT2D eigenvalue weighted by atomic mass is 32.1. The first-order chi connectivity index (χ1) is 15.0. The fourth-order valence-corrected chi connectivity index (χ4v) is 3.90. The molecule has 0 bridgehead atoms. The van der Waals surface area contributed by atoms with Crippen molar-refractivity contribution in [3.63, 3.8) is 0 Å². The highest BCUT2D eigenvalue weighted by Gasteiger charge is 2.20. The summed E-state index contributed by atoms with van der Waals surface area (Å²) in [4.78, 5) is 33.5. The largest absolute Gasteiger partial charge is 0.278 e. The molecule has 0 saturated heterocycles. The first-order valence-electron chi connectivity index (χ1n) is 9.20. The van der Waals surface area contributed by atoms with Crippen LogP contribution in [-0.4, -0.2) is 20.8 Å². The van der Waals surface area contributed by atoms with Crippen LogP contribution >= 0.6 is 11.3 Å². The van der Waals surface area contributed by atoms with Gasteiger partial charge in [0.1, 0.15) is 11.3 Å². The molecule has 0 aliphatic heterocycles. The maximum Gasteiger partial charge on any atom is 0.270 e. The molecule has 4 rings (SSSR count). The van der Waals surface area contributed by atoms with Gasteiger partial charge in [-0.05, 0) is 35.9 Å². The van der Waals surface area contributed by atoms with E-state index in [9.17, 15) is 19.3 Å². The Hall–Kier alpha value is -3.98. The summed E-state index contributed by atoms with van der Waals surface area (Å²) in [7, 11) is 0. The van der Waals surface area contributed by atoms with E-state index in [2.05, 4.69) is 9.97 Å². The van der Waals surface area contributed by atoms with Gasteiger partial charge in [-0.1, -0.05) is 35.6 Å². The first-order valence-corrected chi connectivity index (χ1v) is 10.0. The molecule has 0 aliphatic carbocycles. The molecule has 7 nitrogen and oxygen atoms in total. The van der Waals surface area contributed by atoms with Crippen LogP contribution in [0, 0.1) is 15.9 Å². The van der Waals surface area contributed by atoms with E-state index in [1.807, 2.05) is 6.07 Å². The van der Waals surface area contributed by atoms with Crippen molar-refractivity contribution < 1.29 is 14.1 Å². The quantitative estimate of drug-likeness (QED) is 0.242. The predicted molar refractivity (Wildman–Crippen MR) is 117 cm³/mol. The van der Waals surface area contributed by atoms with Crippen molar-refractivity contribution in [1.82, 2.24) is 9.97 Å². The number of benzene rings is 2. The van der Waals surface area contributed by atoms with Gasteiger partial charge in [-0.15, -0.1) is 0 Å². The van der Waals surface area contributed by atoms with E-state index in [0.717, 1.165) is 0 Å². The van der Waals surface area contributed by atoms with Gasteiger partial charge < -0.3 is 0 Å². The van der Waals surface area contributed by atoms with E-state index in [0.29, 0.717) is 21.1 Å². The lowest BCUT2D eigenvalue weighted by molar-refractivity contribution is -0.384. The zero-order chi connectivity index (χ0) is 21.8. The van der Waals surface area contributed by atoms with Crippen molar-refractivity contribution in [2.24, 2.45) is 0 Å². The van der Waals surface area contributed by atoms with Crippen molar-refractivity contribution in [3.05, 3.63) is 100 Å². The predicted octanol–water partition coefficient (Wildman–Crippen LogP) is 4.99. The van der Waals surface area contributed by atoms with Crippen molar-refractivity contribution >= 4 is 44.4 Å². The molecule has 0 aliphatic rings. The molecule has 31 heavy (non-hydrogen) atoms. The average Bonchev–Trinajstić information content (AvgIpc) is 3.22. The zero-order valence-corrected chi connectivity index (χ0v) is 16.8. The fraction of sp³-hybridized carbons (Fsp3) is 0.0455. The topological polar surface area (TPSA) is 89.2 Å². The van der Waals surface area contributed by atoms with Crippen LogP contribution in [0.2, 0.25) is 0 Å². The van der Waals surface area contributed by atoms with Gasteiger partial charge in [-0.3, -0.25) is 24.8 Å². The smallest absolute Gasteiger partial charge is 0.270 e. The van der Waals surface area contributed by atoms with Crippen LogP contribution in [0.1, 0.15) is 11.3 Å². The Bertz CT molecular complexity index is 1290. The van der Waals surface area contributed by atoms with Crippen LogP contribution in [-0.2, 0) is 11.3 Å². The minimum absolute atomic E-state index is 0.0680. The van der Waals surface area contributed by atoms with Crippen LogP contribution < -0.4 is 4.90 Å². The number of pyridine rings is 1. The van der Waals surface area contributed by atoms with Gasteiger partial charge in [0.2, 0.25) is 0 Å². The summed E-state index contributed by atoms with van der Waals surface area (Å²) < 4.78 is 14.7. The third-order valence-corrected chi connectivity index (χ3v) is 5.44. The fourth-order valence-electron chi connectivity index (χ4n) is 2.91. The number of nitrogens with zero attached hydrogens (tertiary/aromatic N) is 4. The number of carbonyl (C=O) groups excluding carboxylic acids is 1. The molecule has 4 aromatic rings. The molecule has 2 aromatic carbocycles. The Morgan fingerprint density at radius 3 is 2.74 bits per heavy atom. The first kappa shape index (κ1) is 20.3. The summed E-state index contributed by atoms with van der Waals surface area (Å²) in [5.74, 6) is -0.867. The molecule has 0 saturated carbocycles. The van der Waals surface area contributed by atoms with E-state index in [-0.39, 0.29) is 17.7 Å². The van der Waals surface area contributed by atoms with Gasteiger partial charge in [0.15, 0.2) is 5.13 Å². The van der Waals surface area contributed by atoms with Gasteiger partial charge in [-0.25, -0.2) is 9.37 Å². The molecule has 0 N–H and O–H groups in total. The van der Waals surface area contributed by atoms with Crippen LogP contribution in [0.5, 0.6) is 0 Å². The third kappa shape index (κ3) is 4.62. The monoisotopic (exact) mass is 434 g/mol. The lowest BCUT2D eigenvalue weighted by Gasteiger charge is -2.17. The summed E-state index contributed by atoms with van der Waals surface area (Å²) in [5, 5.41) is 11.3. The van der Waals surface area contributed by atoms with Crippen LogP contribution in [0.4, 0.5) is 15.2 Å². The molecule has 1 amide bonds. The maximum atomic E-state index is 14.1. The number of amides is 1. The SMILES string of the molecule is O=C(/C=C/c1cccc([N+](=O)[O-])c1)N(Cc1ccccn1)c1nc2c(F)cccc2s1. The molecule has 0 spiro atoms. The second kappa shape index (κ2) is 8.80. The van der Waals surface area contributed by atoms with Crippen molar-refractivity contribution in [1.29, 1.82) is 0 Å². The third-order valence-electron chi connectivity index (χ3n) is 4.40. The normalized spacial score (nSPS) is 11.1. The number of nitro groups is 1. The Morgan fingerprint density at radius 1 is 1.16 bits per heavy atom. The van der Waals surface area contributed by atoms with Gasteiger partial charge in [0.05, 0.1) is 21.9 Å². The Kier molecular flexibility index (Phi) is 5.76. The van der Waals surface area contributed by atoms with E-state index < -0.39 is 16.6 Å². The minimum atomic E-state index is -0.498. The Morgan fingerprint density at radius 2 is 2.00 bits per heavy atom. The lowest BCUT2D eigenvalue weighted by Crippen LogP contribution is -2.29. The highest BCUT2D eigenvalue weighted by molar-refractivity contribution is 7.22. The Labute approximate surface area is 180 Å².